The number of nitrogens with zero attached hydrogens (tertiary/aromatic N) is 4. The number of thiazole rings is 1. The molecule has 0 amide bonds. The van der Waals surface area contributed by atoms with Gasteiger partial charge in [0.25, 0.3) is 0 Å². The van der Waals surface area contributed by atoms with Crippen molar-refractivity contribution in [3.63, 3.8) is 0 Å². The number of rotatable bonds is 6. The van der Waals surface area contributed by atoms with Gasteiger partial charge in [-0.3, -0.25) is 4.98 Å². The smallest absolute Gasteiger partial charge is 0.100 e. The SMILES string of the molecule is CCNC(Cc1cncs1)c1cnn(-c2ccccc2)n1. The minimum Gasteiger partial charge on any atom is -0.308 e. The largest absolute Gasteiger partial charge is 0.308 e. The van der Waals surface area contributed by atoms with E-state index in [1.165, 1.54) is 4.88 Å². The Morgan fingerprint density at radius 1 is 1.24 bits per heavy atom. The maximum atomic E-state index is 4.61. The summed E-state index contributed by atoms with van der Waals surface area (Å²) < 4.78 is 0. The van der Waals surface area contributed by atoms with Gasteiger partial charge in [-0.25, -0.2) is 0 Å². The third kappa shape index (κ3) is 3.34. The fourth-order valence-corrected chi connectivity index (χ4v) is 2.83. The predicted octanol–water partition coefficient (Wildman–Crippen LogP) is 2.62. The summed E-state index contributed by atoms with van der Waals surface area (Å²) in [4.78, 5) is 7.05. The van der Waals surface area contributed by atoms with Crippen molar-refractivity contribution < 1.29 is 0 Å². The summed E-state index contributed by atoms with van der Waals surface area (Å²) in [6, 6.07) is 10.1. The van der Waals surface area contributed by atoms with Gasteiger partial charge in [0.1, 0.15) is 5.69 Å². The van der Waals surface area contributed by atoms with E-state index in [-0.39, 0.29) is 6.04 Å². The van der Waals surface area contributed by atoms with Crippen molar-refractivity contribution in [1.29, 1.82) is 0 Å². The minimum atomic E-state index is 0.160. The molecule has 0 aliphatic carbocycles. The van der Waals surface area contributed by atoms with Gasteiger partial charge in [0, 0.05) is 17.5 Å². The monoisotopic (exact) mass is 299 g/mol. The van der Waals surface area contributed by atoms with E-state index in [2.05, 4.69) is 27.4 Å². The first-order valence-corrected chi connectivity index (χ1v) is 7.83. The zero-order valence-electron chi connectivity index (χ0n) is 11.8. The normalized spacial score (nSPS) is 12.4. The van der Waals surface area contributed by atoms with Crippen LogP contribution in [0.4, 0.5) is 0 Å². The molecule has 108 valence electrons. The minimum absolute atomic E-state index is 0.160. The highest BCUT2D eigenvalue weighted by molar-refractivity contribution is 7.09. The number of para-hydroxylation sites is 1. The Morgan fingerprint density at radius 2 is 2.10 bits per heavy atom. The Balaban J connectivity index is 1.81. The predicted molar refractivity (Wildman–Crippen MR) is 83.6 cm³/mol. The highest BCUT2D eigenvalue weighted by atomic mass is 32.1. The Kier molecular flexibility index (Phi) is 4.37. The third-order valence-electron chi connectivity index (χ3n) is 3.19. The molecule has 1 atom stereocenters. The van der Waals surface area contributed by atoms with E-state index in [0.29, 0.717) is 0 Å². The fraction of sp³-hybridized carbons (Fsp3) is 0.267. The molecule has 5 nitrogen and oxygen atoms in total. The molecule has 2 heterocycles. The average molecular weight is 299 g/mol. The molecular weight excluding hydrogens is 282 g/mol. The van der Waals surface area contributed by atoms with Crippen molar-refractivity contribution in [2.75, 3.05) is 6.54 Å². The first kappa shape index (κ1) is 13.9. The quantitative estimate of drug-likeness (QED) is 0.760. The van der Waals surface area contributed by atoms with Crippen molar-refractivity contribution in [1.82, 2.24) is 25.3 Å². The van der Waals surface area contributed by atoms with E-state index in [0.717, 1.165) is 24.3 Å². The van der Waals surface area contributed by atoms with Crippen LogP contribution in [-0.2, 0) is 6.42 Å². The average Bonchev–Trinajstić information content (AvgIpc) is 3.19. The lowest BCUT2D eigenvalue weighted by molar-refractivity contribution is 0.534. The first-order valence-electron chi connectivity index (χ1n) is 6.95. The Hall–Kier alpha value is -2.05. The summed E-state index contributed by atoms with van der Waals surface area (Å²) in [6.45, 7) is 2.99. The lowest BCUT2D eigenvalue weighted by atomic mass is 10.1. The molecular formula is C15H17N5S. The second kappa shape index (κ2) is 6.60. The van der Waals surface area contributed by atoms with Crippen molar-refractivity contribution in [3.8, 4) is 5.69 Å². The van der Waals surface area contributed by atoms with Crippen LogP contribution in [0.2, 0.25) is 0 Å². The van der Waals surface area contributed by atoms with Crippen LogP contribution in [0.5, 0.6) is 0 Å². The Morgan fingerprint density at radius 3 is 2.81 bits per heavy atom. The van der Waals surface area contributed by atoms with Gasteiger partial charge in [0.2, 0.25) is 0 Å². The number of likely N-dealkylation sites (N-methyl/N-ethyl adjacent to an activating group) is 1. The molecule has 1 N–H and O–H groups in total. The van der Waals surface area contributed by atoms with Crippen LogP contribution in [-0.4, -0.2) is 26.5 Å². The zero-order valence-corrected chi connectivity index (χ0v) is 12.6. The highest BCUT2D eigenvalue weighted by Gasteiger charge is 2.16. The summed E-state index contributed by atoms with van der Waals surface area (Å²) in [5.41, 5.74) is 3.78. The number of hydrogen-bond acceptors (Lipinski definition) is 5. The number of hydrogen-bond donors (Lipinski definition) is 1. The van der Waals surface area contributed by atoms with E-state index < -0.39 is 0 Å². The first-order chi connectivity index (χ1) is 10.4. The van der Waals surface area contributed by atoms with Gasteiger partial charge >= 0.3 is 0 Å². The maximum Gasteiger partial charge on any atom is 0.100 e. The third-order valence-corrected chi connectivity index (χ3v) is 3.99. The number of aromatic nitrogens is 4. The van der Waals surface area contributed by atoms with Gasteiger partial charge in [-0.05, 0) is 18.7 Å². The van der Waals surface area contributed by atoms with E-state index in [9.17, 15) is 0 Å². The molecule has 1 aromatic carbocycles. The van der Waals surface area contributed by atoms with Gasteiger partial charge in [-0.15, -0.1) is 11.3 Å². The van der Waals surface area contributed by atoms with E-state index >= 15 is 0 Å². The summed E-state index contributed by atoms with van der Waals surface area (Å²) >= 11 is 1.67. The van der Waals surface area contributed by atoms with Crippen LogP contribution in [0, 0.1) is 0 Å². The summed E-state index contributed by atoms with van der Waals surface area (Å²) in [5.74, 6) is 0. The molecule has 0 saturated heterocycles. The molecule has 0 spiro atoms. The molecule has 3 aromatic rings. The van der Waals surface area contributed by atoms with Crippen LogP contribution in [0.15, 0.2) is 48.2 Å². The molecule has 1 unspecified atom stereocenters. The standard InChI is InChI=1S/C15H17N5S/c1-2-17-14(8-13-9-16-11-21-13)15-10-18-20(19-15)12-6-4-3-5-7-12/h3-7,9-11,14,17H,2,8H2,1H3. The molecule has 0 aliphatic rings. The fourth-order valence-electron chi connectivity index (χ4n) is 2.19. The van der Waals surface area contributed by atoms with Gasteiger partial charge < -0.3 is 5.32 Å². The van der Waals surface area contributed by atoms with Crippen molar-refractivity contribution in [2.45, 2.75) is 19.4 Å². The molecule has 3 rings (SSSR count). The summed E-state index contributed by atoms with van der Waals surface area (Å²) in [5, 5.41) is 12.4. The van der Waals surface area contributed by atoms with E-state index in [1.807, 2.05) is 48.2 Å². The Bertz CT molecular complexity index is 662. The van der Waals surface area contributed by atoms with Crippen molar-refractivity contribution in [3.05, 3.63) is 58.8 Å². The molecule has 0 fully saturated rings. The van der Waals surface area contributed by atoms with Crippen molar-refractivity contribution >= 4 is 11.3 Å². The van der Waals surface area contributed by atoms with Gasteiger partial charge in [0.05, 0.1) is 23.4 Å². The van der Waals surface area contributed by atoms with Crippen molar-refractivity contribution in [2.24, 2.45) is 0 Å². The zero-order chi connectivity index (χ0) is 14.5. The summed E-state index contributed by atoms with van der Waals surface area (Å²) in [7, 11) is 0. The molecule has 2 aromatic heterocycles. The molecule has 21 heavy (non-hydrogen) atoms. The second-order valence-corrected chi connectivity index (χ2v) is 5.65. The van der Waals surface area contributed by atoms with Gasteiger partial charge in [-0.1, -0.05) is 25.1 Å². The molecule has 0 aliphatic heterocycles. The lowest BCUT2D eigenvalue weighted by Gasteiger charge is -2.13. The number of nitrogens with one attached hydrogen (secondary N) is 1. The summed E-state index contributed by atoms with van der Waals surface area (Å²) in [6.07, 6.45) is 4.63. The topological polar surface area (TPSA) is 55.6 Å². The van der Waals surface area contributed by atoms with Crippen LogP contribution < -0.4 is 5.32 Å². The lowest BCUT2D eigenvalue weighted by Crippen LogP contribution is -2.23. The molecule has 6 heteroatoms. The van der Waals surface area contributed by atoms with Crippen LogP contribution >= 0.6 is 11.3 Å². The number of benzene rings is 1. The molecule has 0 saturated carbocycles. The van der Waals surface area contributed by atoms with Gasteiger partial charge in [-0.2, -0.15) is 15.0 Å². The Labute approximate surface area is 127 Å². The van der Waals surface area contributed by atoms with Crippen LogP contribution in [0.25, 0.3) is 5.69 Å². The molecule has 0 radical (unpaired) electrons. The van der Waals surface area contributed by atoms with E-state index in [1.54, 1.807) is 16.1 Å². The maximum absolute atomic E-state index is 4.61. The molecule has 0 bridgehead atoms. The van der Waals surface area contributed by atoms with E-state index in [4.69, 9.17) is 0 Å². The van der Waals surface area contributed by atoms with Crippen LogP contribution in [0.3, 0.4) is 0 Å². The van der Waals surface area contributed by atoms with Gasteiger partial charge in [0.15, 0.2) is 0 Å². The second-order valence-electron chi connectivity index (χ2n) is 4.68. The highest BCUT2D eigenvalue weighted by Crippen LogP contribution is 2.19. The van der Waals surface area contributed by atoms with Crippen LogP contribution in [0.1, 0.15) is 23.5 Å².